The normalized spacial score (nSPS) is 15.0. The quantitative estimate of drug-likeness (QED) is 0.549. The molecule has 0 aliphatic carbocycles. The predicted molar refractivity (Wildman–Crippen MR) is 122 cm³/mol. The number of hydrogen-bond acceptors (Lipinski definition) is 5. The molecule has 5 nitrogen and oxygen atoms in total. The Balaban J connectivity index is 1.20. The fourth-order valence-corrected chi connectivity index (χ4v) is 3.85. The van der Waals surface area contributed by atoms with Crippen LogP contribution in [0.3, 0.4) is 0 Å². The molecular formula is C25H29N3O2. The minimum atomic E-state index is 0.874. The Labute approximate surface area is 178 Å². The number of anilines is 1. The number of aryl methyl sites for hydroxylation is 1. The van der Waals surface area contributed by atoms with Crippen LogP contribution in [0, 0.1) is 0 Å². The smallest absolute Gasteiger partial charge is 0.142 e. The van der Waals surface area contributed by atoms with Gasteiger partial charge in [-0.05, 0) is 36.7 Å². The lowest BCUT2D eigenvalue weighted by Gasteiger charge is -2.36. The Morgan fingerprint density at radius 2 is 1.73 bits per heavy atom. The van der Waals surface area contributed by atoms with Crippen LogP contribution in [0.5, 0.6) is 5.75 Å². The van der Waals surface area contributed by atoms with E-state index in [0.29, 0.717) is 0 Å². The second-order valence-corrected chi connectivity index (χ2v) is 7.57. The molecule has 1 saturated heterocycles. The molecule has 30 heavy (non-hydrogen) atoms. The van der Waals surface area contributed by atoms with Gasteiger partial charge in [0.15, 0.2) is 0 Å². The van der Waals surface area contributed by atoms with E-state index in [0.717, 1.165) is 68.3 Å². The summed E-state index contributed by atoms with van der Waals surface area (Å²) in [5.74, 6) is 1.91. The highest BCUT2D eigenvalue weighted by atomic mass is 16.5. The predicted octanol–water partition coefficient (Wildman–Crippen LogP) is 4.61. The van der Waals surface area contributed by atoms with Crippen molar-refractivity contribution >= 4 is 17.8 Å². The van der Waals surface area contributed by atoms with Gasteiger partial charge in [0.25, 0.3) is 0 Å². The summed E-state index contributed by atoms with van der Waals surface area (Å²) < 4.78 is 11.0. The maximum absolute atomic E-state index is 5.51. The van der Waals surface area contributed by atoms with E-state index < -0.39 is 0 Å². The Morgan fingerprint density at radius 1 is 0.967 bits per heavy atom. The lowest BCUT2D eigenvalue weighted by molar-refractivity contribution is 0.250. The van der Waals surface area contributed by atoms with E-state index in [1.807, 2.05) is 42.5 Å². The fourth-order valence-electron chi connectivity index (χ4n) is 3.85. The number of hydrogen-bond donors (Lipinski definition) is 0. The van der Waals surface area contributed by atoms with E-state index in [4.69, 9.17) is 9.26 Å². The molecule has 156 valence electrons. The van der Waals surface area contributed by atoms with Crippen molar-refractivity contribution in [3.05, 3.63) is 77.7 Å². The molecule has 0 spiro atoms. The molecule has 1 aliphatic rings. The zero-order valence-corrected chi connectivity index (χ0v) is 17.5. The molecule has 1 aromatic heterocycles. The Morgan fingerprint density at radius 3 is 2.53 bits per heavy atom. The third-order valence-corrected chi connectivity index (χ3v) is 5.52. The first-order chi connectivity index (χ1) is 14.8. The first-order valence-electron chi connectivity index (χ1n) is 10.6. The van der Waals surface area contributed by atoms with Crippen molar-refractivity contribution in [1.29, 1.82) is 0 Å². The number of para-hydroxylation sites is 2. The van der Waals surface area contributed by atoms with Crippen LogP contribution in [0.15, 0.2) is 65.2 Å². The van der Waals surface area contributed by atoms with Gasteiger partial charge in [-0.3, -0.25) is 4.90 Å². The zero-order chi connectivity index (χ0) is 20.6. The van der Waals surface area contributed by atoms with Crippen molar-refractivity contribution in [2.24, 2.45) is 0 Å². The van der Waals surface area contributed by atoms with Crippen molar-refractivity contribution in [2.45, 2.75) is 12.8 Å². The second-order valence-electron chi connectivity index (χ2n) is 7.57. The summed E-state index contributed by atoms with van der Waals surface area (Å²) in [4.78, 5) is 4.94. The SMILES string of the molecule is COc1ccccc1N1CCN(CCCc2cc(/C=C/c3ccccc3)no2)CC1. The second kappa shape index (κ2) is 10.1. The molecule has 3 aromatic rings. The lowest BCUT2D eigenvalue weighted by Crippen LogP contribution is -2.46. The molecule has 1 aliphatic heterocycles. The third-order valence-electron chi connectivity index (χ3n) is 5.52. The van der Waals surface area contributed by atoms with Crippen LogP contribution in [0.4, 0.5) is 5.69 Å². The van der Waals surface area contributed by atoms with Gasteiger partial charge in [0.2, 0.25) is 0 Å². The van der Waals surface area contributed by atoms with E-state index in [1.165, 1.54) is 5.69 Å². The molecule has 0 atom stereocenters. The monoisotopic (exact) mass is 403 g/mol. The molecule has 5 heteroatoms. The molecule has 4 rings (SSSR count). The lowest BCUT2D eigenvalue weighted by atomic mass is 10.2. The van der Waals surface area contributed by atoms with Gasteiger partial charge in [0.1, 0.15) is 17.2 Å². The molecule has 0 amide bonds. The average molecular weight is 404 g/mol. The number of ether oxygens (including phenoxy) is 1. The van der Waals surface area contributed by atoms with Gasteiger partial charge >= 0.3 is 0 Å². The summed E-state index contributed by atoms with van der Waals surface area (Å²) in [6, 6.07) is 20.5. The number of aromatic nitrogens is 1. The number of benzene rings is 2. The Hall–Kier alpha value is -3.05. The highest BCUT2D eigenvalue weighted by Gasteiger charge is 2.19. The van der Waals surface area contributed by atoms with E-state index in [-0.39, 0.29) is 0 Å². The van der Waals surface area contributed by atoms with Crippen molar-refractivity contribution in [3.8, 4) is 5.75 Å². The minimum absolute atomic E-state index is 0.874. The highest BCUT2D eigenvalue weighted by molar-refractivity contribution is 5.67. The van der Waals surface area contributed by atoms with E-state index in [9.17, 15) is 0 Å². The summed E-state index contributed by atoms with van der Waals surface area (Å²) in [5, 5.41) is 4.16. The molecule has 2 heterocycles. The maximum atomic E-state index is 5.51. The van der Waals surface area contributed by atoms with Gasteiger partial charge < -0.3 is 14.2 Å². The molecule has 0 bridgehead atoms. The molecule has 0 N–H and O–H groups in total. The standard InChI is InChI=1S/C25H29N3O2/c1-29-25-12-6-5-11-24(25)28-18-16-27(17-19-28)15-7-10-23-20-22(26-30-23)14-13-21-8-3-2-4-9-21/h2-6,8-9,11-14,20H,7,10,15-19H2,1H3/b14-13+. The van der Waals surface area contributed by atoms with Crippen LogP contribution < -0.4 is 9.64 Å². The molecule has 0 unspecified atom stereocenters. The summed E-state index contributed by atoms with van der Waals surface area (Å²) in [5.41, 5.74) is 3.23. The van der Waals surface area contributed by atoms with Crippen molar-refractivity contribution in [2.75, 3.05) is 44.7 Å². The van der Waals surface area contributed by atoms with E-state index in [1.54, 1.807) is 7.11 Å². The first-order valence-corrected chi connectivity index (χ1v) is 10.6. The van der Waals surface area contributed by atoms with Crippen LogP contribution in [0.1, 0.15) is 23.4 Å². The number of nitrogens with zero attached hydrogens (tertiary/aromatic N) is 3. The van der Waals surface area contributed by atoms with Gasteiger partial charge in [-0.25, -0.2) is 0 Å². The number of methoxy groups -OCH3 is 1. The molecular weight excluding hydrogens is 374 g/mol. The van der Waals surface area contributed by atoms with Crippen LogP contribution in [-0.2, 0) is 6.42 Å². The van der Waals surface area contributed by atoms with Gasteiger partial charge in [-0.2, -0.15) is 0 Å². The maximum Gasteiger partial charge on any atom is 0.142 e. The van der Waals surface area contributed by atoms with Gasteiger partial charge in [-0.1, -0.05) is 53.7 Å². The van der Waals surface area contributed by atoms with E-state index >= 15 is 0 Å². The largest absolute Gasteiger partial charge is 0.495 e. The van der Waals surface area contributed by atoms with Crippen LogP contribution in [0.25, 0.3) is 12.2 Å². The highest BCUT2D eigenvalue weighted by Crippen LogP contribution is 2.28. The third kappa shape index (κ3) is 5.30. The zero-order valence-electron chi connectivity index (χ0n) is 17.5. The summed E-state index contributed by atoms with van der Waals surface area (Å²) in [6.45, 7) is 5.27. The minimum Gasteiger partial charge on any atom is -0.495 e. The van der Waals surface area contributed by atoms with Crippen LogP contribution >= 0.6 is 0 Å². The van der Waals surface area contributed by atoms with E-state index in [2.05, 4.69) is 45.3 Å². The van der Waals surface area contributed by atoms with Gasteiger partial charge in [-0.15, -0.1) is 0 Å². The number of rotatable bonds is 8. The summed E-state index contributed by atoms with van der Waals surface area (Å²) >= 11 is 0. The van der Waals surface area contributed by atoms with Crippen molar-refractivity contribution < 1.29 is 9.26 Å². The van der Waals surface area contributed by atoms with Gasteiger partial charge in [0, 0.05) is 38.7 Å². The molecule has 2 aromatic carbocycles. The molecule has 0 radical (unpaired) electrons. The summed E-state index contributed by atoms with van der Waals surface area (Å²) in [6.07, 6.45) is 6.05. The summed E-state index contributed by atoms with van der Waals surface area (Å²) in [7, 11) is 1.74. The Bertz CT molecular complexity index is 944. The fraction of sp³-hybridized carbons (Fsp3) is 0.320. The number of piperazine rings is 1. The Kier molecular flexibility index (Phi) is 6.83. The van der Waals surface area contributed by atoms with Crippen LogP contribution in [0.2, 0.25) is 0 Å². The molecule has 1 fully saturated rings. The van der Waals surface area contributed by atoms with Gasteiger partial charge in [0.05, 0.1) is 12.8 Å². The topological polar surface area (TPSA) is 41.7 Å². The van der Waals surface area contributed by atoms with Crippen molar-refractivity contribution in [3.63, 3.8) is 0 Å². The first kappa shape index (κ1) is 20.2. The average Bonchev–Trinajstić information content (AvgIpc) is 3.26. The molecule has 0 saturated carbocycles. The van der Waals surface area contributed by atoms with Crippen molar-refractivity contribution in [1.82, 2.24) is 10.1 Å². The van der Waals surface area contributed by atoms with Crippen LogP contribution in [-0.4, -0.2) is 49.9 Å².